The Labute approximate surface area is 214 Å². The van der Waals surface area contributed by atoms with Gasteiger partial charge in [0.25, 0.3) is 0 Å². The number of hydrogen-bond donors (Lipinski definition) is 1. The van der Waals surface area contributed by atoms with Crippen LogP contribution in [-0.4, -0.2) is 16.1 Å². The molecule has 0 bridgehead atoms. The highest BCUT2D eigenvalue weighted by Gasteiger charge is 2.38. The van der Waals surface area contributed by atoms with Gasteiger partial charge < -0.3 is 9.88 Å². The van der Waals surface area contributed by atoms with Crippen molar-refractivity contribution >= 4 is 5.69 Å². The van der Waals surface area contributed by atoms with Gasteiger partial charge in [-0.2, -0.15) is 0 Å². The summed E-state index contributed by atoms with van der Waals surface area (Å²) in [6, 6.07) is 40.9. The second kappa shape index (κ2) is 11.1. The third-order valence-electron chi connectivity index (χ3n) is 6.87. The molecule has 0 saturated carbocycles. The fraction of sp³-hybridized carbons (Fsp3) is 0.182. The Morgan fingerprint density at radius 3 is 1.86 bits per heavy atom. The number of aryl methyl sites for hydroxylation is 2. The molecule has 0 fully saturated rings. The first-order valence-corrected chi connectivity index (χ1v) is 12.8. The molecule has 3 heteroatoms. The monoisotopic (exact) mass is 471 g/mol. The van der Waals surface area contributed by atoms with Crippen molar-refractivity contribution in [3.63, 3.8) is 0 Å². The van der Waals surface area contributed by atoms with Crippen LogP contribution in [0.4, 0.5) is 5.69 Å². The highest BCUT2D eigenvalue weighted by molar-refractivity contribution is 5.51. The SMILES string of the molecule is CCc1cccc(NCCCc2cn(C(c3ccccc3)(c3ccccc3)c3ccccc3)cn2)c1. The van der Waals surface area contributed by atoms with Gasteiger partial charge in [0.1, 0.15) is 5.54 Å². The molecule has 36 heavy (non-hydrogen) atoms. The highest BCUT2D eigenvalue weighted by atomic mass is 15.1. The first-order valence-electron chi connectivity index (χ1n) is 12.8. The number of imidazole rings is 1. The largest absolute Gasteiger partial charge is 0.385 e. The van der Waals surface area contributed by atoms with Crippen LogP contribution in [-0.2, 0) is 18.4 Å². The molecular weight excluding hydrogens is 438 g/mol. The van der Waals surface area contributed by atoms with Crippen LogP contribution in [0.25, 0.3) is 0 Å². The number of benzene rings is 4. The highest BCUT2D eigenvalue weighted by Crippen LogP contribution is 2.40. The molecular formula is C33H33N3. The van der Waals surface area contributed by atoms with Gasteiger partial charge in [0.2, 0.25) is 0 Å². The van der Waals surface area contributed by atoms with Crippen LogP contribution < -0.4 is 5.32 Å². The average molecular weight is 472 g/mol. The standard InChI is InChI=1S/C33H33N3/c1-2-27-14-12-21-31(24-27)34-23-13-22-32-25-36(26-35-32)33(28-15-6-3-7-16-28,29-17-8-4-9-18-29)30-19-10-5-11-20-30/h3-12,14-21,24-26,34H,2,13,22-23H2,1H3. The third kappa shape index (κ3) is 4.83. The van der Waals surface area contributed by atoms with E-state index in [0.717, 1.165) is 31.5 Å². The quantitative estimate of drug-likeness (QED) is 0.171. The van der Waals surface area contributed by atoms with Gasteiger partial charge in [-0.05, 0) is 53.6 Å². The molecule has 1 aromatic heterocycles. The summed E-state index contributed by atoms with van der Waals surface area (Å²) >= 11 is 0. The summed E-state index contributed by atoms with van der Waals surface area (Å²) in [6.45, 7) is 3.11. The lowest BCUT2D eigenvalue weighted by Gasteiger charge is -2.37. The summed E-state index contributed by atoms with van der Waals surface area (Å²) in [5.41, 5.74) is 6.78. The lowest BCUT2D eigenvalue weighted by molar-refractivity contribution is 0.514. The molecule has 0 aliphatic heterocycles. The Hall–Kier alpha value is -4.11. The predicted molar refractivity (Wildman–Crippen MR) is 149 cm³/mol. The lowest BCUT2D eigenvalue weighted by atomic mass is 9.77. The third-order valence-corrected chi connectivity index (χ3v) is 6.87. The maximum absolute atomic E-state index is 4.87. The number of nitrogens with zero attached hydrogens (tertiary/aromatic N) is 2. The molecule has 5 aromatic rings. The molecule has 0 aliphatic rings. The van der Waals surface area contributed by atoms with Crippen molar-refractivity contribution in [3.8, 4) is 0 Å². The van der Waals surface area contributed by atoms with Crippen molar-refractivity contribution in [2.45, 2.75) is 31.7 Å². The number of anilines is 1. The number of nitrogens with one attached hydrogen (secondary N) is 1. The molecule has 0 saturated heterocycles. The molecule has 4 aromatic carbocycles. The van der Waals surface area contributed by atoms with Crippen molar-refractivity contribution in [3.05, 3.63) is 156 Å². The smallest absolute Gasteiger partial charge is 0.121 e. The number of rotatable bonds is 10. The molecule has 1 heterocycles. The number of hydrogen-bond acceptors (Lipinski definition) is 2. The van der Waals surface area contributed by atoms with E-state index >= 15 is 0 Å². The van der Waals surface area contributed by atoms with Gasteiger partial charge in [-0.15, -0.1) is 0 Å². The van der Waals surface area contributed by atoms with Crippen LogP contribution in [0, 0.1) is 0 Å². The molecule has 0 radical (unpaired) electrons. The lowest BCUT2D eigenvalue weighted by Crippen LogP contribution is -2.36. The fourth-order valence-corrected chi connectivity index (χ4v) is 5.06. The van der Waals surface area contributed by atoms with Crippen molar-refractivity contribution < 1.29 is 0 Å². The fourth-order valence-electron chi connectivity index (χ4n) is 5.06. The molecule has 0 spiro atoms. The predicted octanol–water partition coefficient (Wildman–Crippen LogP) is 7.33. The van der Waals surface area contributed by atoms with E-state index in [4.69, 9.17) is 4.98 Å². The summed E-state index contributed by atoms with van der Waals surface area (Å²) in [4.78, 5) is 4.87. The molecule has 0 unspecified atom stereocenters. The van der Waals surface area contributed by atoms with Gasteiger partial charge >= 0.3 is 0 Å². The Bertz CT molecular complexity index is 1260. The molecule has 0 atom stereocenters. The molecule has 1 N–H and O–H groups in total. The zero-order chi connectivity index (χ0) is 24.6. The molecule has 3 nitrogen and oxygen atoms in total. The van der Waals surface area contributed by atoms with Gasteiger partial charge in [-0.3, -0.25) is 0 Å². The summed E-state index contributed by atoms with van der Waals surface area (Å²) in [5.74, 6) is 0. The molecule has 180 valence electrons. The van der Waals surface area contributed by atoms with Crippen LogP contribution >= 0.6 is 0 Å². The molecule has 0 amide bonds. The maximum Gasteiger partial charge on any atom is 0.121 e. The van der Waals surface area contributed by atoms with E-state index < -0.39 is 5.54 Å². The van der Waals surface area contributed by atoms with E-state index in [-0.39, 0.29) is 0 Å². The van der Waals surface area contributed by atoms with Crippen molar-refractivity contribution in [2.75, 3.05) is 11.9 Å². The Balaban J connectivity index is 1.45. The molecule has 5 rings (SSSR count). The van der Waals surface area contributed by atoms with E-state index in [1.54, 1.807) is 0 Å². The van der Waals surface area contributed by atoms with E-state index in [9.17, 15) is 0 Å². The maximum atomic E-state index is 4.87. The van der Waals surface area contributed by atoms with Gasteiger partial charge in [-0.1, -0.05) is 110 Å². The Kier molecular flexibility index (Phi) is 7.28. The summed E-state index contributed by atoms with van der Waals surface area (Å²) in [6.07, 6.45) is 7.22. The second-order valence-electron chi connectivity index (χ2n) is 9.17. The van der Waals surface area contributed by atoms with Crippen LogP contribution in [0.3, 0.4) is 0 Å². The topological polar surface area (TPSA) is 29.9 Å². The van der Waals surface area contributed by atoms with Gasteiger partial charge in [0.05, 0.1) is 12.0 Å². The Morgan fingerprint density at radius 1 is 0.722 bits per heavy atom. The van der Waals surface area contributed by atoms with Crippen molar-refractivity contribution in [2.24, 2.45) is 0 Å². The van der Waals surface area contributed by atoms with Crippen LogP contribution in [0.1, 0.15) is 41.3 Å². The zero-order valence-corrected chi connectivity index (χ0v) is 20.8. The zero-order valence-electron chi connectivity index (χ0n) is 20.8. The van der Waals surface area contributed by atoms with Crippen LogP contribution in [0.2, 0.25) is 0 Å². The first kappa shape index (κ1) is 23.6. The van der Waals surface area contributed by atoms with E-state index in [0.29, 0.717) is 0 Å². The molecule has 0 aliphatic carbocycles. The first-order chi connectivity index (χ1) is 17.8. The van der Waals surface area contributed by atoms with Gasteiger partial charge in [0.15, 0.2) is 0 Å². The minimum atomic E-state index is -0.506. The summed E-state index contributed by atoms with van der Waals surface area (Å²) < 4.78 is 2.29. The van der Waals surface area contributed by atoms with Crippen LogP contribution in [0.5, 0.6) is 0 Å². The van der Waals surface area contributed by atoms with Crippen molar-refractivity contribution in [1.29, 1.82) is 0 Å². The minimum Gasteiger partial charge on any atom is -0.385 e. The Morgan fingerprint density at radius 2 is 1.31 bits per heavy atom. The normalized spacial score (nSPS) is 11.4. The minimum absolute atomic E-state index is 0.506. The number of aromatic nitrogens is 2. The second-order valence-corrected chi connectivity index (χ2v) is 9.17. The van der Waals surface area contributed by atoms with E-state index in [2.05, 4.69) is 138 Å². The van der Waals surface area contributed by atoms with E-state index in [1.165, 1.54) is 27.9 Å². The van der Waals surface area contributed by atoms with Gasteiger partial charge in [0, 0.05) is 18.4 Å². The van der Waals surface area contributed by atoms with Gasteiger partial charge in [-0.25, -0.2) is 4.98 Å². The van der Waals surface area contributed by atoms with Crippen LogP contribution in [0.15, 0.2) is 128 Å². The summed E-state index contributed by atoms with van der Waals surface area (Å²) in [5, 5.41) is 3.57. The van der Waals surface area contributed by atoms with E-state index in [1.807, 2.05) is 6.33 Å². The average Bonchev–Trinajstić information content (AvgIpc) is 3.42. The summed E-state index contributed by atoms with van der Waals surface area (Å²) in [7, 11) is 0. The van der Waals surface area contributed by atoms with Crippen molar-refractivity contribution in [1.82, 2.24) is 9.55 Å².